The molecule has 0 bridgehead atoms. The molecule has 6 heteroatoms. The van der Waals surface area contributed by atoms with Crippen LogP contribution in [0.4, 0.5) is 10.1 Å². The molecule has 5 nitrogen and oxygen atoms in total. The summed E-state index contributed by atoms with van der Waals surface area (Å²) in [6, 6.07) is 9.35. The van der Waals surface area contributed by atoms with Gasteiger partial charge in [0.1, 0.15) is 23.3 Å². The lowest BCUT2D eigenvalue weighted by molar-refractivity contribution is 0.0952. The summed E-state index contributed by atoms with van der Waals surface area (Å²) < 4.78 is 26.0. The number of ether oxygens (including phenoxy) is 2. The summed E-state index contributed by atoms with van der Waals surface area (Å²) in [5, 5.41) is 9.26. The van der Waals surface area contributed by atoms with Gasteiger partial charge in [0.05, 0.1) is 18.3 Å². The van der Waals surface area contributed by atoms with Crippen LogP contribution in [0.5, 0.6) is 11.6 Å². The third-order valence-electron chi connectivity index (χ3n) is 3.63. The van der Waals surface area contributed by atoms with E-state index >= 15 is 0 Å². The van der Waals surface area contributed by atoms with Gasteiger partial charge in [-0.2, -0.15) is 5.26 Å². The Labute approximate surface area is 127 Å². The minimum atomic E-state index is -0.340. The van der Waals surface area contributed by atoms with Crippen LogP contribution in [0.2, 0.25) is 0 Å². The minimum Gasteiger partial charge on any atom is -0.439 e. The molecule has 1 aromatic carbocycles. The van der Waals surface area contributed by atoms with Gasteiger partial charge in [-0.05, 0) is 37.1 Å². The molecule has 0 aliphatic carbocycles. The van der Waals surface area contributed by atoms with Crippen molar-refractivity contribution in [2.75, 3.05) is 12.3 Å². The SMILES string of the molecule is N#Cc1cc(N)c(Oc2ccc(F)cc2)n1C[C@H]1CCCO1. The number of nitrogens with two attached hydrogens (primary N) is 1. The Balaban J connectivity index is 1.90. The molecule has 1 aliphatic rings. The second kappa shape index (κ2) is 6.08. The maximum Gasteiger partial charge on any atom is 0.224 e. The van der Waals surface area contributed by atoms with Crippen LogP contribution in [0, 0.1) is 17.1 Å². The zero-order valence-corrected chi connectivity index (χ0v) is 12.0. The molecular formula is C16H16FN3O2. The molecule has 0 radical (unpaired) electrons. The predicted molar refractivity (Wildman–Crippen MR) is 79.0 cm³/mol. The predicted octanol–water partition coefficient (Wildman–Crippen LogP) is 3.05. The molecule has 0 amide bonds. The van der Waals surface area contributed by atoms with Crippen LogP contribution in [0.15, 0.2) is 30.3 Å². The summed E-state index contributed by atoms with van der Waals surface area (Å²) in [7, 11) is 0. The van der Waals surface area contributed by atoms with E-state index < -0.39 is 0 Å². The number of benzene rings is 1. The molecule has 1 fully saturated rings. The van der Waals surface area contributed by atoms with Crippen LogP contribution in [0.3, 0.4) is 0 Å². The third kappa shape index (κ3) is 2.90. The minimum absolute atomic E-state index is 0.0504. The van der Waals surface area contributed by atoms with E-state index in [-0.39, 0.29) is 11.9 Å². The maximum atomic E-state index is 13.0. The van der Waals surface area contributed by atoms with Crippen LogP contribution < -0.4 is 10.5 Å². The van der Waals surface area contributed by atoms with Crippen molar-refractivity contribution in [1.82, 2.24) is 4.57 Å². The largest absolute Gasteiger partial charge is 0.439 e. The topological polar surface area (TPSA) is 73.2 Å². The van der Waals surface area contributed by atoms with E-state index in [4.69, 9.17) is 15.2 Å². The lowest BCUT2D eigenvalue weighted by Gasteiger charge is -2.15. The van der Waals surface area contributed by atoms with Crippen LogP contribution >= 0.6 is 0 Å². The van der Waals surface area contributed by atoms with Crippen molar-refractivity contribution in [3.8, 4) is 17.7 Å². The zero-order chi connectivity index (χ0) is 15.5. The number of nitrogens with zero attached hydrogens (tertiary/aromatic N) is 2. The van der Waals surface area contributed by atoms with Crippen LogP contribution in [-0.2, 0) is 11.3 Å². The molecule has 1 atom stereocenters. The van der Waals surface area contributed by atoms with E-state index in [2.05, 4.69) is 6.07 Å². The summed E-state index contributed by atoms with van der Waals surface area (Å²) in [6.45, 7) is 1.24. The van der Waals surface area contributed by atoms with E-state index in [0.29, 0.717) is 29.6 Å². The van der Waals surface area contributed by atoms with Crippen molar-refractivity contribution < 1.29 is 13.9 Å². The van der Waals surface area contributed by atoms with Gasteiger partial charge >= 0.3 is 0 Å². The Morgan fingerprint density at radius 3 is 2.82 bits per heavy atom. The number of hydrogen-bond acceptors (Lipinski definition) is 4. The monoisotopic (exact) mass is 301 g/mol. The first-order valence-corrected chi connectivity index (χ1v) is 7.11. The molecular weight excluding hydrogens is 285 g/mol. The van der Waals surface area contributed by atoms with E-state index in [1.807, 2.05) is 0 Å². The highest BCUT2D eigenvalue weighted by atomic mass is 19.1. The van der Waals surface area contributed by atoms with Gasteiger partial charge in [-0.3, -0.25) is 4.57 Å². The summed E-state index contributed by atoms with van der Waals surface area (Å²) in [5.74, 6) is 0.510. The van der Waals surface area contributed by atoms with E-state index in [1.165, 1.54) is 24.3 Å². The molecule has 2 N–H and O–H groups in total. The Morgan fingerprint density at radius 2 is 2.18 bits per heavy atom. The normalized spacial score (nSPS) is 17.4. The number of halogens is 1. The van der Waals surface area contributed by atoms with Crippen molar-refractivity contribution in [3.63, 3.8) is 0 Å². The van der Waals surface area contributed by atoms with Gasteiger partial charge in [0, 0.05) is 12.7 Å². The van der Waals surface area contributed by atoms with E-state index in [9.17, 15) is 9.65 Å². The fourth-order valence-electron chi connectivity index (χ4n) is 2.55. The summed E-state index contributed by atoms with van der Waals surface area (Å²) in [4.78, 5) is 0. The average molecular weight is 301 g/mol. The van der Waals surface area contributed by atoms with Gasteiger partial charge in [0.15, 0.2) is 0 Å². The first kappa shape index (κ1) is 14.4. The molecule has 0 spiro atoms. The van der Waals surface area contributed by atoms with Crippen molar-refractivity contribution in [2.45, 2.75) is 25.5 Å². The third-order valence-corrected chi connectivity index (χ3v) is 3.63. The first-order chi connectivity index (χ1) is 10.7. The molecule has 1 aliphatic heterocycles. The van der Waals surface area contributed by atoms with Gasteiger partial charge in [-0.25, -0.2) is 4.39 Å². The fourth-order valence-corrected chi connectivity index (χ4v) is 2.55. The van der Waals surface area contributed by atoms with Gasteiger partial charge < -0.3 is 15.2 Å². The number of aromatic nitrogens is 1. The Hall–Kier alpha value is -2.52. The second-order valence-corrected chi connectivity index (χ2v) is 5.20. The number of anilines is 1. The van der Waals surface area contributed by atoms with Crippen molar-refractivity contribution in [3.05, 3.63) is 41.8 Å². The van der Waals surface area contributed by atoms with E-state index in [1.54, 1.807) is 10.6 Å². The van der Waals surface area contributed by atoms with Gasteiger partial charge in [-0.1, -0.05) is 0 Å². The quantitative estimate of drug-likeness (QED) is 0.942. The molecule has 3 rings (SSSR count). The highest BCUT2D eigenvalue weighted by Gasteiger charge is 2.22. The average Bonchev–Trinajstić information content (AvgIpc) is 3.12. The lowest BCUT2D eigenvalue weighted by Crippen LogP contribution is -2.16. The van der Waals surface area contributed by atoms with Crippen LogP contribution in [-0.4, -0.2) is 17.3 Å². The van der Waals surface area contributed by atoms with Gasteiger partial charge in [0.2, 0.25) is 5.88 Å². The molecule has 2 aromatic rings. The summed E-state index contributed by atoms with van der Waals surface area (Å²) in [5.41, 5.74) is 6.75. The van der Waals surface area contributed by atoms with Crippen molar-refractivity contribution in [2.24, 2.45) is 0 Å². The smallest absolute Gasteiger partial charge is 0.224 e. The molecule has 0 unspecified atom stereocenters. The number of nitrogen functional groups attached to an aromatic ring is 1. The van der Waals surface area contributed by atoms with Gasteiger partial charge in [-0.15, -0.1) is 0 Å². The Bertz CT molecular complexity index is 697. The van der Waals surface area contributed by atoms with Crippen LogP contribution in [0.1, 0.15) is 18.5 Å². The van der Waals surface area contributed by atoms with Crippen molar-refractivity contribution >= 4 is 5.69 Å². The second-order valence-electron chi connectivity index (χ2n) is 5.20. The molecule has 2 heterocycles. The van der Waals surface area contributed by atoms with Gasteiger partial charge in [0.25, 0.3) is 0 Å². The molecule has 0 saturated carbocycles. The fraction of sp³-hybridized carbons (Fsp3) is 0.312. The number of hydrogen-bond donors (Lipinski definition) is 1. The van der Waals surface area contributed by atoms with Crippen LogP contribution in [0.25, 0.3) is 0 Å². The molecule has 114 valence electrons. The Morgan fingerprint density at radius 1 is 1.41 bits per heavy atom. The first-order valence-electron chi connectivity index (χ1n) is 7.11. The highest BCUT2D eigenvalue weighted by Crippen LogP contribution is 2.32. The number of rotatable bonds is 4. The van der Waals surface area contributed by atoms with Crippen molar-refractivity contribution in [1.29, 1.82) is 5.26 Å². The Kier molecular flexibility index (Phi) is 3.98. The molecule has 1 aromatic heterocycles. The standard InChI is InChI=1S/C16H16FN3O2/c17-11-3-5-13(6-4-11)22-16-15(19)8-12(9-18)20(16)10-14-2-1-7-21-14/h3-6,8,14H,1-2,7,10,19H2/t14-/m1/s1. The number of nitriles is 1. The van der Waals surface area contributed by atoms with E-state index in [0.717, 1.165) is 19.4 Å². The molecule has 1 saturated heterocycles. The highest BCUT2D eigenvalue weighted by molar-refractivity contribution is 5.56. The molecule has 22 heavy (non-hydrogen) atoms. The zero-order valence-electron chi connectivity index (χ0n) is 12.0. The summed E-state index contributed by atoms with van der Waals surface area (Å²) in [6.07, 6.45) is 2.01. The summed E-state index contributed by atoms with van der Waals surface area (Å²) >= 11 is 0. The maximum absolute atomic E-state index is 13.0. The lowest BCUT2D eigenvalue weighted by atomic mass is 10.2.